The fourth-order valence-corrected chi connectivity index (χ4v) is 2.34. The minimum atomic E-state index is 0.665. The van der Waals surface area contributed by atoms with Crippen LogP contribution in [0.5, 0.6) is 0 Å². The van der Waals surface area contributed by atoms with Gasteiger partial charge in [0.25, 0.3) is 0 Å². The number of nitrogens with one attached hydrogen (secondary N) is 1. The van der Waals surface area contributed by atoms with Crippen LogP contribution in [-0.4, -0.2) is 0 Å². The van der Waals surface area contributed by atoms with Crippen LogP contribution in [0.4, 0.5) is 11.4 Å². The first-order valence-electron chi connectivity index (χ1n) is 6.53. The molecule has 3 rings (SSSR count). The quantitative estimate of drug-likeness (QED) is 0.719. The molecular formula is C18H14N2. The largest absolute Gasteiger partial charge is 0.354 e. The number of fused-ring (bicyclic) bond motifs is 1. The molecule has 0 saturated heterocycles. The molecule has 0 aromatic heterocycles. The second-order valence-electron chi connectivity index (χ2n) is 4.81. The first-order valence-corrected chi connectivity index (χ1v) is 6.53. The molecule has 0 radical (unpaired) electrons. The van der Waals surface area contributed by atoms with Gasteiger partial charge < -0.3 is 5.32 Å². The van der Waals surface area contributed by atoms with Crippen LogP contribution in [0.3, 0.4) is 0 Å². The molecule has 0 atom stereocenters. The molecule has 3 aromatic carbocycles. The summed E-state index contributed by atoms with van der Waals surface area (Å²) in [4.78, 5) is 0. The Labute approximate surface area is 118 Å². The molecular weight excluding hydrogens is 244 g/mol. The van der Waals surface area contributed by atoms with E-state index >= 15 is 0 Å². The molecule has 0 fully saturated rings. The van der Waals surface area contributed by atoms with E-state index in [2.05, 4.69) is 29.6 Å². The van der Waals surface area contributed by atoms with E-state index in [9.17, 15) is 5.26 Å². The van der Waals surface area contributed by atoms with Crippen LogP contribution in [0.15, 0.2) is 60.7 Å². The molecule has 3 aromatic rings. The number of nitriles is 1. The van der Waals surface area contributed by atoms with Crippen molar-refractivity contribution in [2.45, 2.75) is 6.92 Å². The summed E-state index contributed by atoms with van der Waals surface area (Å²) < 4.78 is 0. The van der Waals surface area contributed by atoms with Crippen molar-refractivity contribution in [3.05, 3.63) is 71.8 Å². The minimum absolute atomic E-state index is 0.665. The third kappa shape index (κ3) is 2.22. The van der Waals surface area contributed by atoms with Gasteiger partial charge in [-0.1, -0.05) is 42.5 Å². The van der Waals surface area contributed by atoms with Crippen molar-refractivity contribution in [1.29, 1.82) is 5.26 Å². The van der Waals surface area contributed by atoms with Crippen molar-refractivity contribution >= 4 is 22.1 Å². The molecule has 96 valence electrons. The van der Waals surface area contributed by atoms with Gasteiger partial charge >= 0.3 is 0 Å². The first kappa shape index (κ1) is 12.3. The Morgan fingerprint density at radius 3 is 2.55 bits per heavy atom. The third-order valence-corrected chi connectivity index (χ3v) is 3.35. The van der Waals surface area contributed by atoms with Gasteiger partial charge in [-0.3, -0.25) is 0 Å². The maximum Gasteiger partial charge on any atom is 0.101 e. The molecule has 0 bridgehead atoms. The number of nitrogens with zero attached hydrogens (tertiary/aromatic N) is 1. The molecule has 0 unspecified atom stereocenters. The highest BCUT2D eigenvalue weighted by atomic mass is 14.9. The van der Waals surface area contributed by atoms with Gasteiger partial charge in [0.15, 0.2) is 0 Å². The Balaban J connectivity index is 2.08. The van der Waals surface area contributed by atoms with Crippen LogP contribution in [0.1, 0.15) is 11.1 Å². The molecule has 0 amide bonds. The van der Waals surface area contributed by atoms with Gasteiger partial charge in [-0.2, -0.15) is 5.26 Å². The van der Waals surface area contributed by atoms with Gasteiger partial charge in [-0.15, -0.1) is 0 Å². The van der Waals surface area contributed by atoms with Gasteiger partial charge in [0.2, 0.25) is 0 Å². The summed E-state index contributed by atoms with van der Waals surface area (Å²) in [7, 11) is 0. The summed E-state index contributed by atoms with van der Waals surface area (Å²) >= 11 is 0. The highest BCUT2D eigenvalue weighted by molar-refractivity contribution is 5.95. The van der Waals surface area contributed by atoms with E-state index in [1.165, 1.54) is 5.39 Å². The highest BCUT2D eigenvalue weighted by Gasteiger charge is 2.05. The lowest BCUT2D eigenvalue weighted by Gasteiger charge is -2.11. The normalized spacial score (nSPS) is 10.2. The molecule has 0 spiro atoms. The molecule has 0 aliphatic heterocycles. The fraction of sp³-hybridized carbons (Fsp3) is 0.0556. The molecule has 2 heteroatoms. The molecule has 0 aliphatic rings. The number of anilines is 2. The smallest absolute Gasteiger partial charge is 0.101 e. The van der Waals surface area contributed by atoms with Gasteiger partial charge in [0, 0.05) is 11.1 Å². The van der Waals surface area contributed by atoms with Crippen LogP contribution in [-0.2, 0) is 0 Å². The second-order valence-corrected chi connectivity index (χ2v) is 4.81. The minimum Gasteiger partial charge on any atom is -0.354 e. The fourth-order valence-electron chi connectivity index (χ4n) is 2.34. The van der Waals surface area contributed by atoms with Gasteiger partial charge in [-0.25, -0.2) is 0 Å². The zero-order chi connectivity index (χ0) is 13.9. The summed E-state index contributed by atoms with van der Waals surface area (Å²) in [5.41, 5.74) is 3.61. The van der Waals surface area contributed by atoms with Crippen LogP contribution < -0.4 is 5.32 Å². The standard InChI is InChI=1S/C18H14N2/c1-13-9-10-17(15(11-13)12-19)20-18-8-4-6-14-5-2-3-7-16(14)18/h2-11,20H,1H3. The second kappa shape index (κ2) is 5.07. The predicted molar refractivity (Wildman–Crippen MR) is 83.1 cm³/mol. The first-order chi connectivity index (χ1) is 9.78. The van der Waals surface area contributed by atoms with Gasteiger partial charge in [0.1, 0.15) is 6.07 Å². The third-order valence-electron chi connectivity index (χ3n) is 3.35. The maximum atomic E-state index is 9.24. The van der Waals surface area contributed by atoms with Gasteiger partial charge in [-0.05, 0) is 36.1 Å². The van der Waals surface area contributed by atoms with Crippen LogP contribution >= 0.6 is 0 Å². The predicted octanol–water partition coefficient (Wildman–Crippen LogP) is 4.76. The lowest BCUT2D eigenvalue weighted by Crippen LogP contribution is -1.95. The van der Waals surface area contributed by atoms with Crippen molar-refractivity contribution < 1.29 is 0 Å². The Morgan fingerprint density at radius 1 is 0.900 bits per heavy atom. The van der Waals surface area contributed by atoms with Gasteiger partial charge in [0.05, 0.1) is 11.3 Å². The summed E-state index contributed by atoms with van der Waals surface area (Å²) in [5, 5.41) is 15.0. The Bertz CT molecular complexity index is 808. The van der Waals surface area contributed by atoms with E-state index in [0.717, 1.165) is 22.3 Å². The molecule has 2 nitrogen and oxygen atoms in total. The monoisotopic (exact) mass is 258 g/mol. The lowest BCUT2D eigenvalue weighted by atomic mass is 10.1. The molecule has 0 saturated carbocycles. The summed E-state index contributed by atoms with van der Waals surface area (Å²) in [6, 6.07) is 22.4. The summed E-state index contributed by atoms with van der Waals surface area (Å²) in [5.74, 6) is 0. The highest BCUT2D eigenvalue weighted by Crippen LogP contribution is 2.28. The molecule has 1 N–H and O–H groups in total. The summed E-state index contributed by atoms with van der Waals surface area (Å²) in [6.07, 6.45) is 0. The van der Waals surface area contributed by atoms with Crippen LogP contribution in [0, 0.1) is 18.3 Å². The zero-order valence-electron chi connectivity index (χ0n) is 11.2. The number of aryl methyl sites for hydroxylation is 1. The SMILES string of the molecule is Cc1ccc(Nc2cccc3ccccc23)c(C#N)c1. The number of rotatable bonds is 2. The average molecular weight is 258 g/mol. The van der Waals surface area contributed by atoms with Crippen LogP contribution in [0.2, 0.25) is 0 Å². The Hall–Kier alpha value is -2.79. The molecule has 20 heavy (non-hydrogen) atoms. The average Bonchev–Trinajstić information content (AvgIpc) is 2.49. The topological polar surface area (TPSA) is 35.8 Å². The number of hydrogen-bond donors (Lipinski definition) is 1. The number of hydrogen-bond acceptors (Lipinski definition) is 2. The van der Waals surface area contributed by atoms with E-state index in [1.54, 1.807) is 0 Å². The molecule has 0 aliphatic carbocycles. The van der Waals surface area contributed by atoms with E-state index in [0.29, 0.717) is 5.56 Å². The lowest BCUT2D eigenvalue weighted by molar-refractivity contribution is 1.41. The van der Waals surface area contributed by atoms with Crippen molar-refractivity contribution in [2.75, 3.05) is 5.32 Å². The molecule has 0 heterocycles. The van der Waals surface area contributed by atoms with E-state index in [4.69, 9.17) is 0 Å². The zero-order valence-corrected chi connectivity index (χ0v) is 11.2. The maximum absolute atomic E-state index is 9.24. The van der Waals surface area contributed by atoms with E-state index in [-0.39, 0.29) is 0 Å². The van der Waals surface area contributed by atoms with Crippen LogP contribution in [0.25, 0.3) is 10.8 Å². The van der Waals surface area contributed by atoms with Crippen molar-refractivity contribution in [3.8, 4) is 6.07 Å². The Kier molecular flexibility index (Phi) is 3.10. The van der Waals surface area contributed by atoms with Crippen molar-refractivity contribution in [1.82, 2.24) is 0 Å². The van der Waals surface area contributed by atoms with E-state index in [1.807, 2.05) is 49.4 Å². The van der Waals surface area contributed by atoms with Crippen molar-refractivity contribution in [3.63, 3.8) is 0 Å². The summed E-state index contributed by atoms with van der Waals surface area (Å²) in [6.45, 7) is 1.99. The Morgan fingerprint density at radius 2 is 1.70 bits per heavy atom. The van der Waals surface area contributed by atoms with E-state index < -0.39 is 0 Å². The number of benzene rings is 3. The van der Waals surface area contributed by atoms with Crippen molar-refractivity contribution in [2.24, 2.45) is 0 Å².